The standard InChI is InChI=1S/C22H22N6O/c29-22-14-21(26-12-10-25(11-13-26)17-27-16-23-15-24-27)19-8-4-5-9-20(19)28(22)18-6-2-1-3-7-18/h1-9,14-16H,10-13,17H2. The average Bonchev–Trinajstić information content (AvgIpc) is 3.27. The summed E-state index contributed by atoms with van der Waals surface area (Å²) in [7, 11) is 0. The van der Waals surface area contributed by atoms with Crippen molar-refractivity contribution in [1.29, 1.82) is 0 Å². The minimum absolute atomic E-state index is 0.00468. The Bertz CT molecular complexity index is 1160. The summed E-state index contributed by atoms with van der Waals surface area (Å²) < 4.78 is 3.63. The highest BCUT2D eigenvalue weighted by atomic mass is 16.1. The topological polar surface area (TPSA) is 59.2 Å². The Balaban J connectivity index is 1.47. The van der Waals surface area contributed by atoms with Gasteiger partial charge in [-0.1, -0.05) is 36.4 Å². The highest BCUT2D eigenvalue weighted by Gasteiger charge is 2.21. The molecule has 0 radical (unpaired) electrons. The van der Waals surface area contributed by atoms with E-state index in [2.05, 4.69) is 25.9 Å². The molecule has 7 heteroatoms. The zero-order valence-corrected chi connectivity index (χ0v) is 16.1. The zero-order valence-electron chi connectivity index (χ0n) is 16.1. The molecule has 0 spiro atoms. The summed E-state index contributed by atoms with van der Waals surface area (Å²) in [5.74, 6) is 0. The molecule has 4 aromatic rings. The summed E-state index contributed by atoms with van der Waals surface area (Å²) >= 11 is 0. The molecule has 0 saturated carbocycles. The van der Waals surface area contributed by atoms with Crippen molar-refractivity contribution < 1.29 is 0 Å². The molecule has 29 heavy (non-hydrogen) atoms. The summed E-state index contributed by atoms with van der Waals surface area (Å²) in [6, 6.07) is 19.7. The summed E-state index contributed by atoms with van der Waals surface area (Å²) in [5.41, 5.74) is 2.83. The lowest BCUT2D eigenvalue weighted by Gasteiger charge is -2.36. The number of hydrogen-bond acceptors (Lipinski definition) is 5. The van der Waals surface area contributed by atoms with Gasteiger partial charge in [0.1, 0.15) is 12.7 Å². The maximum absolute atomic E-state index is 13.1. The Morgan fingerprint density at radius 3 is 2.41 bits per heavy atom. The Labute approximate surface area is 168 Å². The molecule has 1 fully saturated rings. The number of benzene rings is 2. The molecule has 0 bridgehead atoms. The molecule has 0 N–H and O–H groups in total. The molecule has 1 aliphatic rings. The van der Waals surface area contributed by atoms with Gasteiger partial charge < -0.3 is 4.90 Å². The molecule has 0 aliphatic carbocycles. The Kier molecular flexibility index (Phi) is 4.57. The molecule has 7 nitrogen and oxygen atoms in total. The summed E-state index contributed by atoms with van der Waals surface area (Å²) in [4.78, 5) is 21.7. The van der Waals surface area contributed by atoms with Crippen molar-refractivity contribution in [3.05, 3.63) is 83.7 Å². The van der Waals surface area contributed by atoms with Gasteiger partial charge in [0.15, 0.2) is 0 Å². The van der Waals surface area contributed by atoms with Gasteiger partial charge in [-0.05, 0) is 18.2 Å². The first kappa shape index (κ1) is 17.6. The van der Waals surface area contributed by atoms with E-state index in [0.717, 1.165) is 55.1 Å². The predicted octanol–water partition coefficient (Wildman–Crippen LogP) is 2.36. The lowest BCUT2D eigenvalue weighted by Crippen LogP contribution is -2.47. The van der Waals surface area contributed by atoms with Gasteiger partial charge in [-0.25, -0.2) is 9.67 Å². The summed E-state index contributed by atoms with van der Waals surface area (Å²) in [6.07, 6.45) is 3.30. The SMILES string of the molecule is O=c1cc(N2CCN(Cn3cncn3)CC2)c2ccccc2n1-c1ccccc1. The molecule has 2 aromatic carbocycles. The van der Waals surface area contributed by atoms with Crippen LogP contribution in [0.4, 0.5) is 5.69 Å². The van der Waals surface area contributed by atoms with Crippen LogP contribution >= 0.6 is 0 Å². The van der Waals surface area contributed by atoms with Gasteiger partial charge in [-0.3, -0.25) is 14.3 Å². The fourth-order valence-electron chi connectivity index (χ4n) is 4.01. The van der Waals surface area contributed by atoms with E-state index in [1.165, 1.54) is 0 Å². The van der Waals surface area contributed by atoms with Crippen LogP contribution in [-0.2, 0) is 6.67 Å². The number of hydrogen-bond donors (Lipinski definition) is 0. The van der Waals surface area contributed by atoms with Crippen LogP contribution in [0, 0.1) is 0 Å². The summed E-state index contributed by atoms with van der Waals surface area (Å²) in [5, 5.41) is 5.28. The molecular formula is C22H22N6O. The zero-order chi connectivity index (χ0) is 19.6. The number of aromatic nitrogens is 4. The molecule has 2 aromatic heterocycles. The molecule has 0 atom stereocenters. The van der Waals surface area contributed by atoms with Crippen LogP contribution in [0.15, 0.2) is 78.1 Å². The Morgan fingerprint density at radius 2 is 1.66 bits per heavy atom. The molecule has 1 aliphatic heterocycles. The summed E-state index contributed by atoms with van der Waals surface area (Å²) in [6.45, 7) is 4.30. The van der Waals surface area contributed by atoms with E-state index < -0.39 is 0 Å². The molecule has 5 rings (SSSR count). The van der Waals surface area contributed by atoms with Crippen LogP contribution in [0.1, 0.15) is 0 Å². The smallest absolute Gasteiger partial charge is 0.257 e. The van der Waals surface area contributed by atoms with Crippen molar-refractivity contribution in [2.45, 2.75) is 6.67 Å². The number of para-hydroxylation sites is 2. The highest BCUT2D eigenvalue weighted by Crippen LogP contribution is 2.27. The van der Waals surface area contributed by atoms with Gasteiger partial charge in [0, 0.05) is 43.3 Å². The van der Waals surface area contributed by atoms with Crippen LogP contribution in [0.5, 0.6) is 0 Å². The Morgan fingerprint density at radius 1 is 0.897 bits per heavy atom. The number of rotatable bonds is 4. The van der Waals surface area contributed by atoms with Crippen molar-refractivity contribution in [2.75, 3.05) is 31.1 Å². The normalized spacial score (nSPS) is 15.1. The third kappa shape index (κ3) is 3.40. The maximum Gasteiger partial charge on any atom is 0.257 e. The van der Waals surface area contributed by atoms with Crippen molar-refractivity contribution in [1.82, 2.24) is 24.2 Å². The first-order valence-corrected chi connectivity index (χ1v) is 9.79. The van der Waals surface area contributed by atoms with Crippen LogP contribution in [0.2, 0.25) is 0 Å². The van der Waals surface area contributed by atoms with Gasteiger partial charge in [0.25, 0.3) is 5.56 Å². The van der Waals surface area contributed by atoms with E-state index in [-0.39, 0.29) is 5.56 Å². The van der Waals surface area contributed by atoms with E-state index >= 15 is 0 Å². The third-order valence-corrected chi connectivity index (χ3v) is 5.44. The van der Waals surface area contributed by atoms with Crippen LogP contribution in [0.3, 0.4) is 0 Å². The lowest BCUT2D eigenvalue weighted by molar-refractivity contribution is 0.196. The van der Waals surface area contributed by atoms with Crippen molar-refractivity contribution in [2.24, 2.45) is 0 Å². The van der Waals surface area contributed by atoms with Crippen molar-refractivity contribution in [3.63, 3.8) is 0 Å². The van der Waals surface area contributed by atoms with E-state index in [0.29, 0.717) is 0 Å². The second kappa shape index (κ2) is 7.52. The highest BCUT2D eigenvalue weighted by molar-refractivity contribution is 5.93. The maximum atomic E-state index is 13.1. The van der Waals surface area contributed by atoms with E-state index in [1.807, 2.05) is 53.2 Å². The molecule has 0 amide bonds. The first-order chi connectivity index (χ1) is 14.3. The third-order valence-electron chi connectivity index (χ3n) is 5.44. The molecule has 1 saturated heterocycles. The largest absolute Gasteiger partial charge is 0.368 e. The number of anilines is 1. The van der Waals surface area contributed by atoms with Gasteiger partial charge >= 0.3 is 0 Å². The van der Waals surface area contributed by atoms with Gasteiger partial charge in [0.05, 0.1) is 17.9 Å². The van der Waals surface area contributed by atoms with Gasteiger partial charge in [-0.15, -0.1) is 0 Å². The fraction of sp³-hybridized carbons (Fsp3) is 0.227. The molecular weight excluding hydrogens is 364 g/mol. The van der Waals surface area contributed by atoms with E-state index in [1.54, 1.807) is 23.3 Å². The minimum Gasteiger partial charge on any atom is -0.368 e. The average molecular weight is 386 g/mol. The Hall–Kier alpha value is -3.45. The minimum atomic E-state index is -0.00468. The quantitative estimate of drug-likeness (QED) is 0.539. The second-order valence-corrected chi connectivity index (χ2v) is 7.24. The predicted molar refractivity (Wildman–Crippen MR) is 113 cm³/mol. The monoisotopic (exact) mass is 386 g/mol. The fourth-order valence-corrected chi connectivity index (χ4v) is 4.01. The van der Waals surface area contributed by atoms with Gasteiger partial charge in [0.2, 0.25) is 0 Å². The molecule has 0 unspecified atom stereocenters. The van der Waals surface area contributed by atoms with E-state index in [9.17, 15) is 4.79 Å². The molecule has 3 heterocycles. The second-order valence-electron chi connectivity index (χ2n) is 7.24. The van der Waals surface area contributed by atoms with Crippen molar-refractivity contribution >= 4 is 16.6 Å². The van der Waals surface area contributed by atoms with Crippen LogP contribution in [0.25, 0.3) is 16.6 Å². The van der Waals surface area contributed by atoms with Crippen LogP contribution in [-0.4, -0.2) is 50.4 Å². The first-order valence-electron chi connectivity index (χ1n) is 9.79. The number of nitrogens with zero attached hydrogens (tertiary/aromatic N) is 6. The van der Waals surface area contributed by atoms with Gasteiger partial charge in [-0.2, -0.15) is 5.10 Å². The van der Waals surface area contributed by atoms with Crippen molar-refractivity contribution in [3.8, 4) is 5.69 Å². The lowest BCUT2D eigenvalue weighted by atomic mass is 10.1. The van der Waals surface area contributed by atoms with E-state index in [4.69, 9.17) is 0 Å². The number of pyridine rings is 1. The number of piperazine rings is 1. The number of fused-ring (bicyclic) bond motifs is 1. The molecule has 146 valence electrons. The van der Waals surface area contributed by atoms with Crippen LogP contribution < -0.4 is 10.5 Å².